The number of aliphatic imine (C=N–C) groups is 2. The second-order valence-electron chi connectivity index (χ2n) is 5.16. The van der Waals surface area contributed by atoms with Crippen LogP contribution in [0.2, 0.25) is 0 Å². The van der Waals surface area contributed by atoms with E-state index in [1.54, 1.807) is 10.7 Å². The van der Waals surface area contributed by atoms with Gasteiger partial charge in [0.05, 0.1) is 48.1 Å². The number of fused-ring (bicyclic) bond motifs is 1. The number of hydrogen-bond acceptors (Lipinski definition) is 7. The van der Waals surface area contributed by atoms with Gasteiger partial charge in [0, 0.05) is 6.20 Å². The van der Waals surface area contributed by atoms with Gasteiger partial charge in [0.15, 0.2) is 11.7 Å². The third-order valence-electron chi connectivity index (χ3n) is 3.44. The lowest BCUT2D eigenvalue weighted by Crippen LogP contribution is -2.31. The van der Waals surface area contributed by atoms with Crippen LogP contribution >= 0.6 is 0 Å². The number of nitrogens with one attached hydrogen (secondary N) is 2. The highest BCUT2D eigenvalue weighted by molar-refractivity contribution is 6.52. The zero-order valence-electron chi connectivity index (χ0n) is 12.7. The number of aromatic nitrogens is 2. The molecule has 3 heterocycles. The van der Waals surface area contributed by atoms with Crippen LogP contribution in [0.4, 0.5) is 5.69 Å². The van der Waals surface area contributed by atoms with E-state index in [1.807, 2.05) is 24.4 Å². The Bertz CT molecular complexity index is 862. The lowest BCUT2D eigenvalue weighted by Gasteiger charge is -2.16. The van der Waals surface area contributed by atoms with Crippen LogP contribution in [0.25, 0.3) is 5.52 Å². The molecular formula is C15H17N7O2. The quantitative estimate of drug-likeness (QED) is 0.527. The summed E-state index contributed by atoms with van der Waals surface area (Å²) < 4.78 is 1.70. The van der Waals surface area contributed by atoms with Gasteiger partial charge in [-0.25, -0.2) is 9.51 Å². The number of rotatable bonds is 4. The summed E-state index contributed by atoms with van der Waals surface area (Å²) in [5, 5.41) is 33.6. The summed E-state index contributed by atoms with van der Waals surface area (Å²) in [6.45, 7) is -0.645. The molecule has 0 aliphatic carbocycles. The fourth-order valence-corrected chi connectivity index (χ4v) is 2.19. The van der Waals surface area contributed by atoms with Crippen molar-refractivity contribution in [2.75, 3.05) is 18.5 Å². The van der Waals surface area contributed by atoms with E-state index in [0.29, 0.717) is 5.69 Å². The molecule has 1 aliphatic rings. The third kappa shape index (κ3) is 3.03. The Kier molecular flexibility index (Phi) is 4.36. The smallest absolute Gasteiger partial charge is 0.173 e. The molecule has 0 spiro atoms. The summed E-state index contributed by atoms with van der Waals surface area (Å²) in [6.07, 6.45) is 4.87. The summed E-state index contributed by atoms with van der Waals surface area (Å²) in [4.78, 5) is 8.35. The van der Waals surface area contributed by atoms with Gasteiger partial charge >= 0.3 is 0 Å². The molecular weight excluding hydrogens is 310 g/mol. The van der Waals surface area contributed by atoms with Crippen molar-refractivity contribution in [2.45, 2.75) is 6.04 Å². The minimum atomic E-state index is -0.707. The van der Waals surface area contributed by atoms with E-state index >= 15 is 0 Å². The van der Waals surface area contributed by atoms with Crippen molar-refractivity contribution >= 4 is 28.6 Å². The number of dihydropyridines is 1. The van der Waals surface area contributed by atoms with Gasteiger partial charge in [-0.05, 0) is 18.2 Å². The minimum Gasteiger partial charge on any atom is -0.396 e. The Morgan fingerprint density at radius 2 is 2.12 bits per heavy atom. The molecule has 0 radical (unpaired) electrons. The molecule has 0 fully saturated rings. The van der Waals surface area contributed by atoms with Gasteiger partial charge in [-0.3, -0.25) is 10.4 Å². The normalized spacial score (nSPS) is 16.6. The molecule has 0 atom stereocenters. The first-order chi connectivity index (χ1) is 11.6. The number of hydrogen-bond donors (Lipinski definition) is 5. The summed E-state index contributed by atoms with van der Waals surface area (Å²) in [7, 11) is 0. The van der Waals surface area contributed by atoms with Gasteiger partial charge in [-0.1, -0.05) is 6.07 Å². The highest BCUT2D eigenvalue weighted by Crippen LogP contribution is 2.17. The highest BCUT2D eigenvalue weighted by Gasteiger charge is 2.19. The Morgan fingerprint density at radius 3 is 2.88 bits per heavy atom. The largest absolute Gasteiger partial charge is 0.396 e. The number of nitrogens with zero attached hydrogens (tertiary/aromatic N) is 4. The van der Waals surface area contributed by atoms with Gasteiger partial charge in [0.1, 0.15) is 0 Å². The molecule has 0 saturated heterocycles. The molecule has 9 nitrogen and oxygen atoms in total. The van der Waals surface area contributed by atoms with Crippen molar-refractivity contribution in [3.05, 3.63) is 42.4 Å². The second kappa shape index (κ2) is 6.60. The molecule has 0 aromatic carbocycles. The van der Waals surface area contributed by atoms with Crippen LogP contribution in [-0.2, 0) is 0 Å². The molecule has 124 valence electrons. The fourth-order valence-electron chi connectivity index (χ4n) is 2.19. The lowest BCUT2D eigenvalue weighted by atomic mass is 10.2. The molecule has 0 unspecified atom stereocenters. The van der Waals surface area contributed by atoms with Gasteiger partial charge in [-0.15, -0.1) is 0 Å². The first kappa shape index (κ1) is 15.8. The molecule has 0 saturated carbocycles. The number of amidine groups is 2. The molecule has 24 heavy (non-hydrogen) atoms. The van der Waals surface area contributed by atoms with Crippen LogP contribution in [-0.4, -0.2) is 56.5 Å². The van der Waals surface area contributed by atoms with Crippen molar-refractivity contribution in [1.29, 1.82) is 5.41 Å². The Morgan fingerprint density at radius 1 is 1.33 bits per heavy atom. The first-order valence-electron chi connectivity index (χ1n) is 7.26. The molecule has 2 aromatic rings. The van der Waals surface area contributed by atoms with Crippen molar-refractivity contribution in [2.24, 2.45) is 15.7 Å². The lowest BCUT2D eigenvalue weighted by molar-refractivity contribution is 0.195. The predicted molar refractivity (Wildman–Crippen MR) is 91.6 cm³/mol. The highest BCUT2D eigenvalue weighted by atomic mass is 16.3. The SMILES string of the molecule is N=C1C=C(N)C(=NC(CO)CO)N=C1Nc1cnn2ccccc12. The monoisotopic (exact) mass is 327 g/mol. The van der Waals surface area contributed by atoms with E-state index in [0.717, 1.165) is 5.52 Å². The topological polar surface area (TPSA) is 144 Å². The van der Waals surface area contributed by atoms with Crippen LogP contribution in [0.3, 0.4) is 0 Å². The first-order valence-corrected chi connectivity index (χ1v) is 7.26. The van der Waals surface area contributed by atoms with E-state index in [2.05, 4.69) is 20.4 Å². The second-order valence-corrected chi connectivity index (χ2v) is 5.16. The standard InChI is InChI=1S/C15H17N7O2/c16-10-5-11(17)15(21-14(10)19-9(7-23)8-24)20-12-6-18-22-4-2-1-3-13(12)22/h1-6,9,17,23-24H,7-8,16H2,(H,19,20,21). The van der Waals surface area contributed by atoms with E-state index in [4.69, 9.17) is 21.4 Å². The summed E-state index contributed by atoms with van der Waals surface area (Å²) in [6, 6.07) is 4.92. The van der Waals surface area contributed by atoms with E-state index in [-0.39, 0.29) is 36.3 Å². The predicted octanol–water partition coefficient (Wildman–Crippen LogP) is -0.228. The molecule has 2 aromatic heterocycles. The van der Waals surface area contributed by atoms with Crippen LogP contribution in [0.15, 0.2) is 52.4 Å². The number of anilines is 1. The number of aliphatic hydroxyl groups is 2. The summed E-state index contributed by atoms with van der Waals surface area (Å²) >= 11 is 0. The van der Waals surface area contributed by atoms with Crippen LogP contribution in [0.1, 0.15) is 0 Å². The van der Waals surface area contributed by atoms with E-state index < -0.39 is 6.04 Å². The summed E-state index contributed by atoms with van der Waals surface area (Å²) in [5.74, 6) is 0.425. The number of nitrogens with two attached hydrogens (primary N) is 1. The third-order valence-corrected chi connectivity index (χ3v) is 3.44. The van der Waals surface area contributed by atoms with Crippen LogP contribution in [0.5, 0.6) is 0 Å². The van der Waals surface area contributed by atoms with E-state index in [1.165, 1.54) is 6.08 Å². The fraction of sp³-hybridized carbons (Fsp3) is 0.200. The maximum absolute atomic E-state index is 9.14. The molecule has 9 heteroatoms. The van der Waals surface area contributed by atoms with E-state index in [9.17, 15) is 0 Å². The maximum atomic E-state index is 9.14. The zero-order chi connectivity index (χ0) is 17.1. The van der Waals surface area contributed by atoms with Crippen LogP contribution in [0, 0.1) is 5.41 Å². The van der Waals surface area contributed by atoms with Crippen molar-refractivity contribution in [3.63, 3.8) is 0 Å². The average Bonchev–Trinajstić information content (AvgIpc) is 2.99. The molecule has 1 aliphatic heterocycles. The van der Waals surface area contributed by atoms with Crippen LogP contribution < -0.4 is 11.1 Å². The zero-order valence-corrected chi connectivity index (χ0v) is 12.7. The maximum Gasteiger partial charge on any atom is 0.173 e. The molecule has 0 amide bonds. The van der Waals surface area contributed by atoms with Crippen molar-refractivity contribution in [1.82, 2.24) is 9.61 Å². The van der Waals surface area contributed by atoms with Gasteiger partial charge < -0.3 is 21.3 Å². The van der Waals surface area contributed by atoms with Gasteiger partial charge in [0.2, 0.25) is 0 Å². The van der Waals surface area contributed by atoms with Crippen molar-refractivity contribution in [3.8, 4) is 0 Å². The Labute approximate surface area is 137 Å². The Balaban J connectivity index is 1.93. The average molecular weight is 327 g/mol. The number of pyridine rings is 1. The summed E-state index contributed by atoms with van der Waals surface area (Å²) in [5.41, 5.74) is 7.66. The van der Waals surface area contributed by atoms with Gasteiger partial charge in [0.25, 0.3) is 0 Å². The molecule has 0 bridgehead atoms. The van der Waals surface area contributed by atoms with Crippen molar-refractivity contribution < 1.29 is 10.2 Å². The van der Waals surface area contributed by atoms with Gasteiger partial charge in [-0.2, -0.15) is 5.10 Å². The minimum absolute atomic E-state index is 0.103. The number of aliphatic hydroxyl groups excluding tert-OH is 2. The Hall–Kier alpha value is -3.04. The molecule has 3 rings (SSSR count). The molecule has 6 N–H and O–H groups in total.